The molecule has 2 heterocycles. The van der Waals surface area contributed by atoms with E-state index in [9.17, 15) is 14.4 Å². The quantitative estimate of drug-likeness (QED) is 0.594. The lowest BCUT2D eigenvalue weighted by Gasteiger charge is -2.33. The Hall–Kier alpha value is -2.29. The molecular formula is C19H26N4O4. The normalized spacial score (nSPS) is 21.7. The van der Waals surface area contributed by atoms with Gasteiger partial charge in [0.15, 0.2) is 0 Å². The molecule has 1 aromatic carbocycles. The molecule has 1 unspecified atom stereocenters. The van der Waals surface area contributed by atoms with Crippen LogP contribution < -0.4 is 10.6 Å². The number of rotatable bonds is 6. The van der Waals surface area contributed by atoms with Gasteiger partial charge in [0.25, 0.3) is 0 Å². The molecule has 0 saturated carbocycles. The van der Waals surface area contributed by atoms with E-state index < -0.39 is 0 Å². The first kappa shape index (κ1) is 19.5. The van der Waals surface area contributed by atoms with Gasteiger partial charge in [-0.3, -0.25) is 29.5 Å². The van der Waals surface area contributed by atoms with E-state index in [0.29, 0.717) is 31.6 Å². The second-order valence-electron chi connectivity index (χ2n) is 7.02. The van der Waals surface area contributed by atoms with Gasteiger partial charge in [-0.15, -0.1) is 0 Å². The summed E-state index contributed by atoms with van der Waals surface area (Å²) in [6.07, 6.45) is 0.860. The van der Waals surface area contributed by atoms with Crippen LogP contribution in [-0.2, 0) is 14.4 Å². The summed E-state index contributed by atoms with van der Waals surface area (Å²) in [7, 11) is 0. The van der Waals surface area contributed by atoms with Gasteiger partial charge in [0.2, 0.25) is 17.7 Å². The number of imide groups is 1. The molecule has 0 aromatic heterocycles. The molecule has 0 spiro atoms. The van der Waals surface area contributed by atoms with Crippen molar-refractivity contribution >= 4 is 23.4 Å². The SMILES string of the molecule is O=C1CCC(c2ccc(NC(=O)CN3CCN(CCO)CC3)cc2)C(=O)N1. The van der Waals surface area contributed by atoms with Crippen LogP contribution in [0.1, 0.15) is 24.3 Å². The highest BCUT2D eigenvalue weighted by molar-refractivity contribution is 6.01. The number of aliphatic hydroxyl groups excluding tert-OH is 1. The maximum Gasteiger partial charge on any atom is 0.238 e. The van der Waals surface area contributed by atoms with Crippen LogP contribution in [0.2, 0.25) is 0 Å². The lowest BCUT2D eigenvalue weighted by molar-refractivity contribution is -0.134. The first-order valence-electron chi connectivity index (χ1n) is 9.34. The first-order valence-corrected chi connectivity index (χ1v) is 9.34. The Morgan fingerprint density at radius 2 is 1.78 bits per heavy atom. The number of hydrogen-bond acceptors (Lipinski definition) is 6. The van der Waals surface area contributed by atoms with Crippen molar-refractivity contribution in [1.29, 1.82) is 0 Å². The van der Waals surface area contributed by atoms with Gasteiger partial charge in [0.05, 0.1) is 19.1 Å². The van der Waals surface area contributed by atoms with Crippen molar-refractivity contribution in [3.8, 4) is 0 Å². The maximum absolute atomic E-state index is 12.3. The highest BCUT2D eigenvalue weighted by Crippen LogP contribution is 2.25. The van der Waals surface area contributed by atoms with Crippen LogP contribution in [-0.4, -0.2) is 78.5 Å². The first-order chi connectivity index (χ1) is 13.0. The Morgan fingerprint density at radius 1 is 1.11 bits per heavy atom. The number of carbonyl (C=O) groups excluding carboxylic acids is 3. The van der Waals surface area contributed by atoms with Crippen LogP contribution in [0, 0.1) is 0 Å². The monoisotopic (exact) mass is 374 g/mol. The van der Waals surface area contributed by atoms with Crippen LogP contribution in [0.5, 0.6) is 0 Å². The topological polar surface area (TPSA) is 102 Å². The van der Waals surface area contributed by atoms with Gasteiger partial charge >= 0.3 is 0 Å². The number of nitrogens with zero attached hydrogens (tertiary/aromatic N) is 2. The number of β-amino-alcohol motifs (C(OH)–C–C–N with tert-alkyl or cyclic N) is 1. The van der Waals surface area contributed by atoms with Crippen molar-refractivity contribution in [3.63, 3.8) is 0 Å². The van der Waals surface area contributed by atoms with E-state index in [4.69, 9.17) is 5.11 Å². The summed E-state index contributed by atoms with van der Waals surface area (Å²) in [5, 5.41) is 14.2. The molecule has 2 saturated heterocycles. The molecular weight excluding hydrogens is 348 g/mol. The molecule has 8 heteroatoms. The van der Waals surface area contributed by atoms with E-state index in [0.717, 1.165) is 31.7 Å². The van der Waals surface area contributed by atoms with Crippen molar-refractivity contribution in [2.45, 2.75) is 18.8 Å². The van der Waals surface area contributed by atoms with E-state index in [1.807, 2.05) is 12.1 Å². The van der Waals surface area contributed by atoms with Gasteiger partial charge < -0.3 is 10.4 Å². The third-order valence-electron chi connectivity index (χ3n) is 5.08. The van der Waals surface area contributed by atoms with E-state index in [1.165, 1.54) is 0 Å². The van der Waals surface area contributed by atoms with Gasteiger partial charge in [-0.1, -0.05) is 12.1 Å². The average molecular weight is 374 g/mol. The summed E-state index contributed by atoms with van der Waals surface area (Å²) < 4.78 is 0. The summed E-state index contributed by atoms with van der Waals surface area (Å²) in [4.78, 5) is 39.7. The van der Waals surface area contributed by atoms with Crippen molar-refractivity contribution in [2.75, 3.05) is 51.2 Å². The van der Waals surface area contributed by atoms with Crippen molar-refractivity contribution < 1.29 is 19.5 Å². The Labute approximate surface area is 158 Å². The fraction of sp³-hybridized carbons (Fsp3) is 0.526. The van der Waals surface area contributed by atoms with Crippen LogP contribution >= 0.6 is 0 Å². The summed E-state index contributed by atoms with van der Waals surface area (Å²) in [6.45, 7) is 4.50. The second-order valence-corrected chi connectivity index (χ2v) is 7.02. The zero-order valence-electron chi connectivity index (χ0n) is 15.3. The number of anilines is 1. The molecule has 146 valence electrons. The molecule has 2 fully saturated rings. The molecule has 27 heavy (non-hydrogen) atoms. The molecule has 1 atom stereocenters. The Kier molecular flexibility index (Phi) is 6.54. The molecule has 2 aliphatic heterocycles. The number of piperidine rings is 1. The zero-order valence-corrected chi connectivity index (χ0v) is 15.3. The molecule has 3 amide bonds. The third kappa shape index (κ3) is 5.35. The number of piperazine rings is 1. The minimum atomic E-state index is -0.317. The van der Waals surface area contributed by atoms with Crippen LogP contribution in [0.15, 0.2) is 24.3 Å². The number of aliphatic hydroxyl groups is 1. The number of amides is 3. The van der Waals surface area contributed by atoms with Crippen molar-refractivity contribution in [2.24, 2.45) is 0 Å². The largest absolute Gasteiger partial charge is 0.395 e. The number of hydrogen-bond donors (Lipinski definition) is 3. The van der Waals surface area contributed by atoms with E-state index in [1.54, 1.807) is 12.1 Å². The van der Waals surface area contributed by atoms with Gasteiger partial charge in [-0.25, -0.2) is 0 Å². The van der Waals surface area contributed by atoms with Crippen molar-refractivity contribution in [3.05, 3.63) is 29.8 Å². The highest BCUT2D eigenvalue weighted by Gasteiger charge is 2.27. The van der Waals surface area contributed by atoms with Gasteiger partial charge in [-0.05, 0) is 24.1 Å². The Bertz CT molecular complexity index is 683. The second kappa shape index (κ2) is 9.07. The summed E-state index contributed by atoms with van der Waals surface area (Å²) in [5.74, 6) is -0.872. The number of benzene rings is 1. The molecule has 0 radical (unpaired) electrons. The van der Waals surface area contributed by atoms with E-state index in [2.05, 4.69) is 20.4 Å². The van der Waals surface area contributed by atoms with E-state index >= 15 is 0 Å². The van der Waals surface area contributed by atoms with Gasteiger partial charge in [0, 0.05) is 44.8 Å². The predicted molar refractivity (Wildman–Crippen MR) is 100 cm³/mol. The lowest BCUT2D eigenvalue weighted by Crippen LogP contribution is -2.49. The van der Waals surface area contributed by atoms with Gasteiger partial charge in [0.1, 0.15) is 0 Å². The number of nitrogens with one attached hydrogen (secondary N) is 2. The van der Waals surface area contributed by atoms with Crippen LogP contribution in [0.3, 0.4) is 0 Å². The Balaban J connectivity index is 1.47. The standard InChI is InChI=1S/C19H26N4O4/c24-12-11-22-7-9-23(10-8-22)13-18(26)20-15-3-1-14(2-4-15)16-5-6-17(25)21-19(16)27/h1-4,16,24H,5-13H2,(H,20,26)(H,21,25,27). The fourth-order valence-corrected chi connectivity index (χ4v) is 3.53. The third-order valence-corrected chi connectivity index (χ3v) is 5.08. The molecule has 2 aliphatic rings. The number of carbonyl (C=O) groups is 3. The van der Waals surface area contributed by atoms with Crippen molar-refractivity contribution in [1.82, 2.24) is 15.1 Å². The lowest BCUT2D eigenvalue weighted by atomic mass is 9.90. The Morgan fingerprint density at radius 3 is 2.41 bits per heavy atom. The fourth-order valence-electron chi connectivity index (χ4n) is 3.53. The van der Waals surface area contributed by atoms with Crippen LogP contribution in [0.25, 0.3) is 0 Å². The molecule has 0 aliphatic carbocycles. The zero-order chi connectivity index (χ0) is 19.2. The summed E-state index contributed by atoms with van der Waals surface area (Å²) in [6, 6.07) is 7.22. The van der Waals surface area contributed by atoms with Gasteiger partial charge in [-0.2, -0.15) is 0 Å². The molecule has 0 bridgehead atoms. The summed E-state index contributed by atoms with van der Waals surface area (Å²) >= 11 is 0. The highest BCUT2D eigenvalue weighted by atomic mass is 16.3. The average Bonchev–Trinajstić information content (AvgIpc) is 2.64. The minimum absolute atomic E-state index is 0.0700. The minimum Gasteiger partial charge on any atom is -0.395 e. The molecule has 3 rings (SSSR count). The maximum atomic E-state index is 12.3. The van der Waals surface area contributed by atoms with E-state index in [-0.39, 0.29) is 30.2 Å². The summed E-state index contributed by atoms with van der Waals surface area (Å²) in [5.41, 5.74) is 1.54. The molecule has 8 nitrogen and oxygen atoms in total. The smallest absolute Gasteiger partial charge is 0.238 e. The van der Waals surface area contributed by atoms with Crippen LogP contribution in [0.4, 0.5) is 5.69 Å². The molecule has 3 N–H and O–H groups in total. The molecule has 1 aromatic rings. The predicted octanol–water partition coefficient (Wildman–Crippen LogP) is -0.245.